The Morgan fingerprint density at radius 1 is 1.15 bits per heavy atom. The second-order valence-electron chi connectivity index (χ2n) is 10.6. The van der Waals surface area contributed by atoms with E-state index in [9.17, 15) is 28.0 Å². The van der Waals surface area contributed by atoms with Crippen LogP contribution in [0.2, 0.25) is 0 Å². The molecule has 1 aliphatic heterocycles. The van der Waals surface area contributed by atoms with Crippen LogP contribution in [0.3, 0.4) is 0 Å². The number of fused-ring (bicyclic) bond motifs is 1. The molecular weight excluding hydrogens is 536 g/mol. The SMILES string of the molecule is Cc1c(C(=O)NC(CC(C)C)C(=O)NC2CCC(C)N(S(=O)(=O)c3cccc[n+]3[O-])CC2=O)oc2ccccc12. The van der Waals surface area contributed by atoms with Gasteiger partial charge in [0.05, 0.1) is 12.6 Å². The number of rotatable bonds is 8. The van der Waals surface area contributed by atoms with Crippen molar-refractivity contribution in [3.8, 4) is 0 Å². The van der Waals surface area contributed by atoms with Gasteiger partial charge in [-0.2, -0.15) is 9.04 Å². The summed E-state index contributed by atoms with van der Waals surface area (Å²) in [4.78, 5) is 39.7. The van der Waals surface area contributed by atoms with Crippen molar-refractivity contribution in [3.05, 3.63) is 65.2 Å². The minimum Gasteiger partial charge on any atom is -0.618 e. The number of Topliss-reactive ketones (excluding diaryl/α,β-unsaturated/α-hetero) is 1. The molecule has 214 valence electrons. The Labute approximate surface area is 233 Å². The average Bonchev–Trinajstić information content (AvgIpc) is 3.17. The maximum Gasteiger partial charge on any atom is 0.323 e. The number of furan rings is 1. The summed E-state index contributed by atoms with van der Waals surface area (Å²) in [6.07, 6.45) is 1.87. The number of benzene rings is 1. The fraction of sp³-hybridized carbons (Fsp3) is 0.429. The number of hydrogen-bond acceptors (Lipinski definition) is 7. The normalized spacial score (nSPS) is 19.4. The first kappa shape index (κ1) is 29.2. The van der Waals surface area contributed by atoms with Crippen LogP contribution < -0.4 is 15.4 Å². The Morgan fingerprint density at radius 3 is 2.52 bits per heavy atom. The molecule has 1 aliphatic rings. The third kappa shape index (κ3) is 6.02. The first-order chi connectivity index (χ1) is 18.9. The highest BCUT2D eigenvalue weighted by Gasteiger charge is 2.40. The molecule has 11 nitrogen and oxygen atoms in total. The minimum atomic E-state index is -4.26. The zero-order chi connectivity index (χ0) is 29.2. The molecule has 0 bridgehead atoms. The third-order valence-electron chi connectivity index (χ3n) is 7.12. The van der Waals surface area contributed by atoms with Gasteiger partial charge in [0.2, 0.25) is 5.91 Å². The van der Waals surface area contributed by atoms with Gasteiger partial charge in [0.1, 0.15) is 11.6 Å². The van der Waals surface area contributed by atoms with Crippen molar-refractivity contribution in [2.24, 2.45) is 5.92 Å². The second-order valence-corrected chi connectivity index (χ2v) is 12.4. The summed E-state index contributed by atoms with van der Waals surface area (Å²) in [6.45, 7) is 6.75. The maximum atomic E-state index is 13.4. The van der Waals surface area contributed by atoms with Gasteiger partial charge in [-0.1, -0.05) is 32.0 Å². The van der Waals surface area contributed by atoms with Gasteiger partial charge in [-0.3, -0.25) is 14.4 Å². The van der Waals surface area contributed by atoms with Crippen molar-refractivity contribution < 1.29 is 31.9 Å². The summed E-state index contributed by atoms with van der Waals surface area (Å²) in [5, 5.41) is 18.0. The van der Waals surface area contributed by atoms with E-state index in [1.54, 1.807) is 26.0 Å². The lowest BCUT2D eigenvalue weighted by Crippen LogP contribution is -2.53. The van der Waals surface area contributed by atoms with Crippen LogP contribution in [0.25, 0.3) is 11.0 Å². The zero-order valence-corrected chi connectivity index (χ0v) is 23.7. The lowest BCUT2D eigenvalue weighted by atomic mass is 10.0. The predicted octanol–water partition coefficient (Wildman–Crippen LogP) is 2.45. The topological polar surface area (TPSA) is 153 Å². The van der Waals surface area contributed by atoms with Crippen LogP contribution in [0.15, 0.2) is 58.1 Å². The number of sulfonamides is 1. The van der Waals surface area contributed by atoms with Gasteiger partial charge >= 0.3 is 15.0 Å². The Balaban J connectivity index is 1.50. The Morgan fingerprint density at radius 2 is 1.85 bits per heavy atom. The van der Waals surface area contributed by atoms with Gasteiger partial charge in [-0.05, 0) is 51.2 Å². The first-order valence-electron chi connectivity index (χ1n) is 13.2. The second kappa shape index (κ2) is 11.8. The number of aromatic nitrogens is 1. The fourth-order valence-corrected chi connectivity index (χ4v) is 6.58. The number of carbonyl (C=O) groups excluding carboxylic acids is 3. The fourth-order valence-electron chi connectivity index (χ4n) is 4.93. The number of hydrogen-bond donors (Lipinski definition) is 2. The molecule has 0 saturated carbocycles. The lowest BCUT2D eigenvalue weighted by Gasteiger charge is -2.24. The molecule has 2 aromatic heterocycles. The highest BCUT2D eigenvalue weighted by molar-refractivity contribution is 7.89. The molecule has 2 N–H and O–H groups in total. The van der Waals surface area contributed by atoms with Gasteiger partial charge in [0, 0.05) is 29.1 Å². The van der Waals surface area contributed by atoms with Crippen LogP contribution >= 0.6 is 0 Å². The van der Waals surface area contributed by atoms with Crippen LogP contribution in [-0.2, 0) is 19.6 Å². The van der Waals surface area contributed by atoms with Crippen LogP contribution in [0.1, 0.15) is 56.2 Å². The van der Waals surface area contributed by atoms with E-state index in [-0.39, 0.29) is 29.3 Å². The molecule has 3 atom stereocenters. The molecule has 0 aliphatic carbocycles. The monoisotopic (exact) mass is 570 g/mol. The van der Waals surface area contributed by atoms with Gasteiger partial charge < -0.3 is 20.3 Å². The van der Waals surface area contributed by atoms with E-state index >= 15 is 0 Å². The van der Waals surface area contributed by atoms with Crippen molar-refractivity contribution in [1.82, 2.24) is 14.9 Å². The number of pyridine rings is 1. The summed E-state index contributed by atoms with van der Waals surface area (Å²) in [5.74, 6) is -1.43. The summed E-state index contributed by atoms with van der Waals surface area (Å²) in [7, 11) is -4.26. The molecule has 1 fully saturated rings. The van der Waals surface area contributed by atoms with Gasteiger partial charge in [0.25, 0.3) is 5.91 Å². The van der Waals surface area contributed by atoms with E-state index < -0.39 is 57.3 Å². The average molecular weight is 571 g/mol. The molecule has 3 unspecified atom stereocenters. The van der Waals surface area contributed by atoms with Gasteiger partial charge in [-0.15, -0.1) is 0 Å². The number of carbonyl (C=O) groups is 3. The van der Waals surface area contributed by atoms with Crippen molar-refractivity contribution in [2.75, 3.05) is 6.54 Å². The van der Waals surface area contributed by atoms with Crippen molar-refractivity contribution in [2.45, 2.75) is 70.1 Å². The summed E-state index contributed by atoms with van der Waals surface area (Å²) in [6, 6.07) is 8.80. The molecule has 3 aromatic rings. The minimum absolute atomic E-state index is 0.0444. The quantitative estimate of drug-likeness (QED) is 0.312. The number of nitrogens with zero attached hydrogens (tertiary/aromatic N) is 2. The summed E-state index contributed by atoms with van der Waals surface area (Å²) < 4.78 is 33.5. The summed E-state index contributed by atoms with van der Waals surface area (Å²) in [5.41, 5.74) is 1.22. The smallest absolute Gasteiger partial charge is 0.323 e. The number of aryl methyl sites for hydroxylation is 1. The number of nitrogens with one attached hydrogen (secondary N) is 2. The van der Waals surface area contributed by atoms with E-state index in [2.05, 4.69) is 10.6 Å². The Hall–Kier alpha value is -3.77. The van der Waals surface area contributed by atoms with Crippen molar-refractivity contribution >= 4 is 38.6 Å². The van der Waals surface area contributed by atoms with E-state index in [1.807, 2.05) is 26.0 Å². The molecule has 4 rings (SSSR count). The number of para-hydroxylation sites is 1. The van der Waals surface area contributed by atoms with Crippen LogP contribution in [0, 0.1) is 18.0 Å². The zero-order valence-electron chi connectivity index (χ0n) is 22.9. The van der Waals surface area contributed by atoms with Gasteiger partial charge in [0.15, 0.2) is 17.7 Å². The Bertz CT molecular complexity index is 1530. The molecule has 1 aromatic carbocycles. The van der Waals surface area contributed by atoms with E-state index in [0.717, 1.165) is 15.9 Å². The molecule has 0 spiro atoms. The largest absolute Gasteiger partial charge is 0.618 e. The number of amides is 2. The van der Waals surface area contributed by atoms with E-state index in [1.165, 1.54) is 18.2 Å². The standard InChI is InChI=1S/C28H34N4O7S/c1-17(2)15-22(30-28(35)26-19(4)20-9-5-6-10-24(20)39-26)27(34)29-21-13-12-18(3)32(16-23(21)33)40(37,38)25-11-7-8-14-31(25)36/h5-11,14,17-18,21-22H,12-13,15-16H2,1-4H3,(H,29,34)(H,30,35). The predicted molar refractivity (Wildman–Crippen MR) is 147 cm³/mol. The van der Waals surface area contributed by atoms with Crippen LogP contribution in [-0.4, -0.2) is 55.0 Å². The van der Waals surface area contributed by atoms with Crippen LogP contribution in [0.5, 0.6) is 0 Å². The van der Waals surface area contributed by atoms with Crippen LogP contribution in [0.4, 0.5) is 0 Å². The van der Waals surface area contributed by atoms with Crippen molar-refractivity contribution in [3.63, 3.8) is 0 Å². The van der Waals surface area contributed by atoms with E-state index in [0.29, 0.717) is 17.6 Å². The highest BCUT2D eigenvalue weighted by Crippen LogP contribution is 2.25. The molecule has 0 radical (unpaired) electrons. The Kier molecular flexibility index (Phi) is 8.59. The third-order valence-corrected chi connectivity index (χ3v) is 9.07. The molecule has 2 amide bonds. The summed E-state index contributed by atoms with van der Waals surface area (Å²) >= 11 is 0. The first-order valence-corrected chi connectivity index (χ1v) is 14.7. The van der Waals surface area contributed by atoms with E-state index in [4.69, 9.17) is 4.42 Å². The molecular formula is C28H34N4O7S. The lowest BCUT2D eigenvalue weighted by molar-refractivity contribution is -0.646. The molecule has 12 heteroatoms. The molecule has 40 heavy (non-hydrogen) atoms. The molecule has 3 heterocycles. The maximum absolute atomic E-state index is 13.4. The van der Waals surface area contributed by atoms with Gasteiger partial charge in [-0.25, -0.2) is 8.42 Å². The van der Waals surface area contributed by atoms with Crippen molar-refractivity contribution in [1.29, 1.82) is 0 Å². The highest BCUT2D eigenvalue weighted by atomic mass is 32.2. The molecule has 1 saturated heterocycles. The number of ketones is 1.